The Morgan fingerprint density at radius 1 is 0.377 bits per heavy atom. The summed E-state index contributed by atoms with van der Waals surface area (Å²) in [7, 11) is 0. The van der Waals surface area contributed by atoms with E-state index in [2.05, 4.69) is 189 Å². The number of fused-ring (bicyclic) bond motifs is 13. The molecule has 0 N–H and O–H groups in total. The molecule has 2 nitrogen and oxygen atoms in total. The van der Waals surface area contributed by atoms with Gasteiger partial charge in [-0.05, 0) is 115 Å². The fourth-order valence-electron chi connectivity index (χ4n) is 9.10. The zero-order valence-corrected chi connectivity index (χ0v) is 29.6. The minimum absolute atomic E-state index is 0.105. The number of nitrogens with zero attached hydrogens (tertiary/aromatic N) is 1. The van der Waals surface area contributed by atoms with E-state index in [9.17, 15) is 0 Å². The van der Waals surface area contributed by atoms with Crippen LogP contribution in [0.4, 0.5) is 17.1 Å². The summed E-state index contributed by atoms with van der Waals surface area (Å²) < 4.78 is 6.37. The van der Waals surface area contributed by atoms with Gasteiger partial charge < -0.3 is 9.32 Å². The summed E-state index contributed by atoms with van der Waals surface area (Å²) in [5, 5.41) is 9.76. The quantitative estimate of drug-likeness (QED) is 0.172. The first kappa shape index (κ1) is 30.0. The Balaban J connectivity index is 1.16. The summed E-state index contributed by atoms with van der Waals surface area (Å²) in [6.07, 6.45) is 0. The van der Waals surface area contributed by atoms with E-state index in [0.717, 1.165) is 33.6 Å². The van der Waals surface area contributed by atoms with E-state index in [-0.39, 0.29) is 5.41 Å². The zero-order valence-electron chi connectivity index (χ0n) is 29.6. The van der Waals surface area contributed by atoms with Crippen LogP contribution in [-0.2, 0) is 5.41 Å². The van der Waals surface area contributed by atoms with E-state index >= 15 is 0 Å². The van der Waals surface area contributed by atoms with Crippen molar-refractivity contribution in [1.82, 2.24) is 0 Å². The van der Waals surface area contributed by atoms with Crippen molar-refractivity contribution in [3.63, 3.8) is 0 Å². The van der Waals surface area contributed by atoms with Gasteiger partial charge in [-0.3, -0.25) is 0 Å². The highest BCUT2D eigenvalue weighted by atomic mass is 16.3. The molecule has 0 aliphatic heterocycles. The molecular weight excluding hydrogens is 643 g/mol. The molecule has 53 heavy (non-hydrogen) atoms. The SMILES string of the molecule is CC1(C)c2ccccc2-c2ccc(N(c3ccc(-c4ccccc4)cc3)c3ccc4c(c3)c3ccccc3c3c4ccc4oc5ccccc5c43)cc21. The summed E-state index contributed by atoms with van der Waals surface area (Å²) in [5.74, 6) is 0. The molecule has 0 radical (unpaired) electrons. The largest absolute Gasteiger partial charge is 0.456 e. The second kappa shape index (κ2) is 11.2. The number of furan rings is 1. The Bertz CT molecular complexity index is 3060. The number of hydrogen-bond acceptors (Lipinski definition) is 2. The van der Waals surface area contributed by atoms with E-state index in [1.54, 1.807) is 0 Å². The normalized spacial score (nSPS) is 13.2. The van der Waals surface area contributed by atoms with Crippen molar-refractivity contribution in [2.45, 2.75) is 19.3 Å². The first-order chi connectivity index (χ1) is 26.0. The molecule has 10 aromatic rings. The van der Waals surface area contributed by atoms with Gasteiger partial charge in [-0.2, -0.15) is 0 Å². The van der Waals surface area contributed by atoms with Crippen LogP contribution in [0.5, 0.6) is 0 Å². The monoisotopic (exact) mass is 677 g/mol. The molecular formula is C51H35NO. The van der Waals surface area contributed by atoms with Gasteiger partial charge in [0.2, 0.25) is 0 Å². The maximum Gasteiger partial charge on any atom is 0.136 e. The molecule has 11 rings (SSSR count). The second-order valence-corrected chi connectivity index (χ2v) is 14.9. The van der Waals surface area contributed by atoms with E-state index in [4.69, 9.17) is 4.42 Å². The Morgan fingerprint density at radius 2 is 0.962 bits per heavy atom. The minimum Gasteiger partial charge on any atom is -0.456 e. The molecule has 1 aliphatic carbocycles. The molecule has 2 heteroatoms. The van der Waals surface area contributed by atoms with Crippen LogP contribution in [0.25, 0.3) is 76.5 Å². The van der Waals surface area contributed by atoms with Crippen molar-refractivity contribution < 1.29 is 4.42 Å². The van der Waals surface area contributed by atoms with Gasteiger partial charge in [0.15, 0.2) is 0 Å². The molecule has 1 aromatic heterocycles. The molecule has 0 spiro atoms. The predicted octanol–water partition coefficient (Wildman–Crippen LogP) is 14.5. The van der Waals surface area contributed by atoms with Crippen LogP contribution in [0.2, 0.25) is 0 Å². The van der Waals surface area contributed by atoms with Gasteiger partial charge in [-0.25, -0.2) is 0 Å². The number of hydrogen-bond donors (Lipinski definition) is 0. The Labute approximate surface area is 308 Å². The van der Waals surface area contributed by atoms with Crippen molar-refractivity contribution in [2.24, 2.45) is 0 Å². The van der Waals surface area contributed by atoms with E-state index in [1.165, 1.54) is 71.1 Å². The molecule has 250 valence electrons. The lowest BCUT2D eigenvalue weighted by Gasteiger charge is -2.28. The number of rotatable bonds is 4. The lowest BCUT2D eigenvalue weighted by molar-refractivity contribution is 0.660. The number of benzene rings is 9. The molecule has 0 amide bonds. The Hall–Kier alpha value is -6.64. The molecule has 1 aliphatic rings. The van der Waals surface area contributed by atoms with Crippen LogP contribution in [0.15, 0.2) is 180 Å². The van der Waals surface area contributed by atoms with Crippen LogP contribution >= 0.6 is 0 Å². The predicted molar refractivity (Wildman–Crippen MR) is 224 cm³/mol. The lowest BCUT2D eigenvalue weighted by atomic mass is 9.82. The van der Waals surface area contributed by atoms with Crippen molar-refractivity contribution in [2.75, 3.05) is 4.90 Å². The average Bonchev–Trinajstić information content (AvgIpc) is 3.70. The highest BCUT2D eigenvalue weighted by molar-refractivity contribution is 6.34. The summed E-state index contributed by atoms with van der Waals surface area (Å²) >= 11 is 0. The first-order valence-corrected chi connectivity index (χ1v) is 18.4. The molecule has 9 aromatic carbocycles. The molecule has 0 saturated carbocycles. The third-order valence-electron chi connectivity index (χ3n) is 11.6. The number of anilines is 3. The van der Waals surface area contributed by atoms with Gasteiger partial charge in [0.1, 0.15) is 11.2 Å². The molecule has 0 saturated heterocycles. The lowest BCUT2D eigenvalue weighted by Crippen LogP contribution is -2.16. The van der Waals surface area contributed by atoms with E-state index < -0.39 is 0 Å². The van der Waals surface area contributed by atoms with Crippen molar-refractivity contribution in [3.8, 4) is 22.3 Å². The van der Waals surface area contributed by atoms with Crippen LogP contribution in [0.3, 0.4) is 0 Å². The number of para-hydroxylation sites is 1. The summed E-state index contributed by atoms with van der Waals surface area (Å²) in [4.78, 5) is 2.43. The van der Waals surface area contributed by atoms with Gasteiger partial charge >= 0.3 is 0 Å². The highest BCUT2D eigenvalue weighted by Gasteiger charge is 2.35. The fourth-order valence-corrected chi connectivity index (χ4v) is 9.10. The van der Waals surface area contributed by atoms with Crippen molar-refractivity contribution in [1.29, 1.82) is 0 Å². The van der Waals surface area contributed by atoms with Gasteiger partial charge in [-0.1, -0.05) is 135 Å². The maximum atomic E-state index is 6.37. The third-order valence-corrected chi connectivity index (χ3v) is 11.6. The van der Waals surface area contributed by atoms with Crippen LogP contribution < -0.4 is 4.90 Å². The smallest absolute Gasteiger partial charge is 0.136 e. The molecule has 0 atom stereocenters. The van der Waals surface area contributed by atoms with Crippen LogP contribution in [0, 0.1) is 0 Å². The van der Waals surface area contributed by atoms with Gasteiger partial charge in [0, 0.05) is 38.6 Å². The van der Waals surface area contributed by atoms with Gasteiger partial charge in [0.05, 0.1) is 0 Å². The van der Waals surface area contributed by atoms with Crippen molar-refractivity contribution >= 4 is 71.3 Å². The van der Waals surface area contributed by atoms with E-state index in [0.29, 0.717) is 0 Å². The summed E-state index contributed by atoms with van der Waals surface area (Å²) in [5.41, 5.74) is 12.9. The maximum absolute atomic E-state index is 6.37. The standard InChI is InChI=1S/C51H35NO/c1-51(2)45-18-10-8-15-39(45)40-27-25-36(31-46(40)51)52(34-22-20-33(21-23-34)32-12-4-3-5-13-32)35-24-26-38-42-28-29-48-50(43-17-9-11-19-47(43)53-48)49(42)41-16-7-6-14-37(41)44(38)30-35/h3-31H,1-2H3. The van der Waals surface area contributed by atoms with Crippen LogP contribution in [-0.4, -0.2) is 0 Å². The molecule has 0 unspecified atom stereocenters. The second-order valence-electron chi connectivity index (χ2n) is 14.9. The molecule has 0 bridgehead atoms. The van der Waals surface area contributed by atoms with Gasteiger partial charge in [0.25, 0.3) is 0 Å². The Kier molecular flexibility index (Phi) is 6.33. The average molecular weight is 678 g/mol. The third kappa shape index (κ3) is 4.39. The van der Waals surface area contributed by atoms with Crippen molar-refractivity contribution in [3.05, 3.63) is 187 Å². The molecule has 0 fully saturated rings. The van der Waals surface area contributed by atoms with E-state index in [1.807, 2.05) is 6.07 Å². The highest BCUT2D eigenvalue weighted by Crippen LogP contribution is 2.51. The first-order valence-electron chi connectivity index (χ1n) is 18.4. The minimum atomic E-state index is -0.105. The molecule has 1 heterocycles. The topological polar surface area (TPSA) is 16.4 Å². The Morgan fingerprint density at radius 3 is 1.81 bits per heavy atom. The zero-order chi connectivity index (χ0) is 35.3. The van der Waals surface area contributed by atoms with Gasteiger partial charge in [-0.15, -0.1) is 0 Å². The fraction of sp³-hybridized carbons (Fsp3) is 0.0588. The summed E-state index contributed by atoms with van der Waals surface area (Å²) in [6, 6.07) is 64.2. The summed E-state index contributed by atoms with van der Waals surface area (Å²) in [6.45, 7) is 4.71. The van der Waals surface area contributed by atoms with Crippen LogP contribution in [0.1, 0.15) is 25.0 Å².